The summed E-state index contributed by atoms with van der Waals surface area (Å²) >= 11 is 0. The first-order valence-electron chi connectivity index (χ1n) is 9.37. The van der Waals surface area contributed by atoms with Gasteiger partial charge in [0.05, 0.1) is 13.2 Å². The average Bonchev–Trinajstić information content (AvgIpc) is 2.46. The average molecular weight is 405 g/mol. The molecular formula is C19H40O5Si2. The van der Waals surface area contributed by atoms with Crippen LogP contribution in [0.2, 0.25) is 36.3 Å². The predicted molar refractivity (Wildman–Crippen MR) is 111 cm³/mol. The number of ether oxygens (including phenoxy) is 1. The lowest BCUT2D eigenvalue weighted by atomic mass is 10.1. The fraction of sp³-hybridized carbons (Fsp3) is 0.895. The van der Waals surface area contributed by atoms with Crippen molar-refractivity contribution in [3.05, 3.63) is 0 Å². The van der Waals surface area contributed by atoms with Crippen LogP contribution in [-0.2, 0) is 23.2 Å². The zero-order valence-electron chi connectivity index (χ0n) is 18.7. The van der Waals surface area contributed by atoms with Gasteiger partial charge in [0.15, 0.2) is 22.7 Å². The Morgan fingerprint density at radius 1 is 0.923 bits per heavy atom. The summed E-state index contributed by atoms with van der Waals surface area (Å²) in [6.07, 6.45) is 0.346. The predicted octanol–water partition coefficient (Wildman–Crippen LogP) is 4.92. The van der Waals surface area contributed by atoms with Crippen LogP contribution in [0.1, 0.15) is 54.4 Å². The molecule has 0 heterocycles. The molecule has 0 aromatic rings. The van der Waals surface area contributed by atoms with E-state index in [0.29, 0.717) is 12.8 Å². The molecule has 0 aliphatic heterocycles. The van der Waals surface area contributed by atoms with Crippen molar-refractivity contribution in [3.63, 3.8) is 0 Å². The summed E-state index contributed by atoms with van der Waals surface area (Å²) in [6.45, 7) is 21.3. The smallest absolute Gasteiger partial charge is 0.336 e. The van der Waals surface area contributed by atoms with Gasteiger partial charge < -0.3 is 18.4 Å². The van der Waals surface area contributed by atoms with Crippen LogP contribution in [0.4, 0.5) is 0 Å². The third kappa shape index (κ3) is 6.90. The highest BCUT2D eigenvalue weighted by Crippen LogP contribution is 2.41. The maximum Gasteiger partial charge on any atom is 0.336 e. The van der Waals surface area contributed by atoms with Gasteiger partial charge in [0.25, 0.3) is 0 Å². The molecule has 5 nitrogen and oxygen atoms in total. The summed E-state index contributed by atoms with van der Waals surface area (Å²) in [5.41, 5.74) is 0. The Hall–Kier alpha value is -0.506. The Kier molecular flexibility index (Phi) is 8.95. The normalized spacial score (nSPS) is 16.1. The second-order valence-corrected chi connectivity index (χ2v) is 19.5. The summed E-state index contributed by atoms with van der Waals surface area (Å²) < 4.78 is 18.0. The minimum absolute atomic E-state index is 0.00985. The number of carbonyl (C=O) groups excluding carboxylic acids is 2. The first kappa shape index (κ1) is 25.5. The number of esters is 1. The van der Waals surface area contributed by atoms with Crippen molar-refractivity contribution in [2.45, 2.75) is 103 Å². The molecule has 0 aromatic carbocycles. The topological polar surface area (TPSA) is 61.8 Å². The molecule has 0 amide bonds. The fourth-order valence-electron chi connectivity index (χ4n) is 1.95. The van der Waals surface area contributed by atoms with Crippen LogP contribution in [0, 0.1) is 0 Å². The highest BCUT2D eigenvalue weighted by Gasteiger charge is 2.46. The van der Waals surface area contributed by atoms with Gasteiger partial charge in [-0.2, -0.15) is 0 Å². The van der Waals surface area contributed by atoms with Crippen molar-refractivity contribution in [1.82, 2.24) is 0 Å². The Labute approximate surface area is 162 Å². The summed E-state index contributed by atoms with van der Waals surface area (Å²) in [7, 11) is -3.00. The van der Waals surface area contributed by atoms with Gasteiger partial charge in [-0.15, -0.1) is 0 Å². The second kappa shape index (κ2) is 9.12. The van der Waals surface area contributed by atoms with E-state index in [-0.39, 0.29) is 10.1 Å². The van der Waals surface area contributed by atoms with Gasteiger partial charge in [-0.05, 0) is 42.7 Å². The van der Waals surface area contributed by atoms with Crippen LogP contribution < -0.4 is 0 Å². The minimum Gasteiger partial charge on any atom is -0.467 e. The molecule has 0 fully saturated rings. The van der Waals surface area contributed by atoms with E-state index in [1.807, 2.05) is 0 Å². The quantitative estimate of drug-likeness (QED) is 0.310. The highest BCUT2D eigenvalue weighted by atomic mass is 28.4. The van der Waals surface area contributed by atoms with E-state index < -0.39 is 34.8 Å². The first-order valence-corrected chi connectivity index (χ1v) is 15.2. The van der Waals surface area contributed by atoms with Crippen molar-refractivity contribution in [3.8, 4) is 0 Å². The molecule has 0 aliphatic rings. The van der Waals surface area contributed by atoms with Gasteiger partial charge in [-0.3, -0.25) is 0 Å². The van der Waals surface area contributed by atoms with Crippen LogP contribution in [0.5, 0.6) is 0 Å². The zero-order chi connectivity index (χ0) is 21.0. The van der Waals surface area contributed by atoms with E-state index in [1.165, 1.54) is 7.11 Å². The summed E-state index contributed by atoms with van der Waals surface area (Å²) in [5.74, 6) is -0.426. The van der Waals surface area contributed by atoms with Crippen molar-refractivity contribution in [1.29, 1.82) is 0 Å². The third-order valence-corrected chi connectivity index (χ3v) is 14.8. The van der Waals surface area contributed by atoms with Gasteiger partial charge in [0.2, 0.25) is 0 Å². The fourth-order valence-corrected chi connectivity index (χ4v) is 4.53. The summed E-state index contributed by atoms with van der Waals surface area (Å²) in [4.78, 5) is 23.6. The molecule has 0 saturated heterocycles. The van der Waals surface area contributed by atoms with Crippen molar-refractivity contribution >= 4 is 28.9 Å². The molecule has 154 valence electrons. The monoisotopic (exact) mass is 404 g/mol. The first-order chi connectivity index (χ1) is 11.5. The molecule has 0 saturated carbocycles. The molecule has 0 aromatic heterocycles. The van der Waals surface area contributed by atoms with E-state index in [1.54, 1.807) is 0 Å². The number of hydrogen-bond acceptors (Lipinski definition) is 5. The van der Waals surface area contributed by atoms with Gasteiger partial charge in [0, 0.05) is 6.42 Å². The molecule has 0 rings (SSSR count). The van der Waals surface area contributed by atoms with Crippen molar-refractivity contribution < 1.29 is 23.2 Å². The zero-order valence-corrected chi connectivity index (χ0v) is 20.7. The second-order valence-electron chi connectivity index (χ2n) is 9.98. The lowest BCUT2D eigenvalue weighted by Gasteiger charge is -2.44. The minimum atomic E-state index is -2.22. The van der Waals surface area contributed by atoms with Gasteiger partial charge in [-0.1, -0.05) is 41.5 Å². The van der Waals surface area contributed by atoms with E-state index in [9.17, 15) is 9.59 Å². The van der Waals surface area contributed by atoms with Gasteiger partial charge in [0.1, 0.15) is 6.29 Å². The lowest BCUT2D eigenvalue weighted by molar-refractivity contribution is -0.155. The molecule has 0 spiro atoms. The molecule has 26 heavy (non-hydrogen) atoms. The van der Waals surface area contributed by atoms with Crippen molar-refractivity contribution in [2.24, 2.45) is 0 Å². The molecule has 0 unspecified atom stereocenters. The molecule has 2 atom stereocenters. The molecule has 0 N–H and O–H groups in total. The Morgan fingerprint density at radius 3 is 1.69 bits per heavy atom. The molecule has 0 aliphatic carbocycles. The Morgan fingerprint density at radius 2 is 1.35 bits per heavy atom. The number of methoxy groups -OCH3 is 1. The number of hydrogen-bond donors (Lipinski definition) is 0. The Balaban J connectivity index is 5.83. The maximum absolute atomic E-state index is 12.6. The van der Waals surface area contributed by atoms with Gasteiger partial charge >= 0.3 is 5.97 Å². The van der Waals surface area contributed by atoms with Crippen LogP contribution >= 0.6 is 0 Å². The summed E-state index contributed by atoms with van der Waals surface area (Å²) in [5, 5.41) is -0.0600. The highest BCUT2D eigenvalue weighted by molar-refractivity contribution is 6.74. The van der Waals surface area contributed by atoms with E-state index >= 15 is 0 Å². The largest absolute Gasteiger partial charge is 0.467 e. The lowest BCUT2D eigenvalue weighted by Crippen LogP contribution is -2.54. The number of rotatable bonds is 9. The summed E-state index contributed by atoms with van der Waals surface area (Å²) in [6, 6.07) is 0. The SMILES string of the molecule is COC(=O)[C@@H](O[Si](C)(C)C(C)(C)C)[C@H](CCC=O)O[Si](C)(C)C(C)(C)C. The van der Waals surface area contributed by atoms with E-state index in [2.05, 4.69) is 67.7 Å². The van der Waals surface area contributed by atoms with E-state index in [0.717, 1.165) is 6.29 Å². The number of aldehydes is 1. The van der Waals surface area contributed by atoms with Crippen molar-refractivity contribution in [2.75, 3.05) is 7.11 Å². The standard InChI is InChI=1S/C19H40O5Si2/c1-18(2,3)25(8,9)23-15(13-12-14-20)16(17(21)22-7)24-26(10,11)19(4,5)6/h14-16H,12-13H2,1-11H3/t15-,16-/m0/s1. The third-order valence-electron chi connectivity index (χ3n) is 5.82. The molecule has 0 bridgehead atoms. The van der Waals surface area contributed by atoms with Gasteiger partial charge in [-0.25, -0.2) is 4.79 Å². The molecule has 7 heteroatoms. The van der Waals surface area contributed by atoms with Crippen LogP contribution in [0.15, 0.2) is 0 Å². The molecule has 0 radical (unpaired) electrons. The van der Waals surface area contributed by atoms with Crippen LogP contribution in [-0.4, -0.2) is 48.2 Å². The van der Waals surface area contributed by atoms with Crippen LogP contribution in [0.25, 0.3) is 0 Å². The maximum atomic E-state index is 12.6. The number of carbonyl (C=O) groups is 2. The Bertz CT molecular complexity index is 475. The van der Waals surface area contributed by atoms with E-state index in [4.69, 9.17) is 13.6 Å². The van der Waals surface area contributed by atoms with Crippen LogP contribution in [0.3, 0.4) is 0 Å². The molecular weight excluding hydrogens is 364 g/mol.